The number of nitrogens with one attached hydrogen (secondary N) is 1. The first kappa shape index (κ1) is 30.9. The molecule has 0 spiro atoms. The number of carbonyl (C=O) groups excluding carboxylic acids is 2. The zero-order chi connectivity index (χ0) is 30.8. The van der Waals surface area contributed by atoms with Gasteiger partial charge in [-0.05, 0) is 62.7 Å². The van der Waals surface area contributed by atoms with Gasteiger partial charge in [0.1, 0.15) is 22.9 Å². The number of hydrogen-bond donors (Lipinski definition) is 6. The Balaban J connectivity index is 1.83. The second kappa shape index (κ2) is 10.6. The molecule has 1 aromatic carbocycles. The summed E-state index contributed by atoms with van der Waals surface area (Å²) in [6.07, 6.45) is -4.83. The molecule has 0 saturated carbocycles. The van der Waals surface area contributed by atoms with Gasteiger partial charge in [0.15, 0.2) is 5.78 Å². The van der Waals surface area contributed by atoms with E-state index in [-0.39, 0.29) is 60.1 Å². The number of aliphatic hydroxyl groups is 3. The number of rotatable bonds is 7. The lowest BCUT2D eigenvalue weighted by Crippen LogP contribution is -2.59. The number of alkyl halides is 3. The number of nitrogens with two attached hydrogens (primary N) is 1. The molecule has 5 atom stereocenters. The molecule has 0 heterocycles. The van der Waals surface area contributed by atoms with Crippen LogP contribution >= 0.6 is 0 Å². The summed E-state index contributed by atoms with van der Waals surface area (Å²) < 4.78 is 37.8. The number of likely N-dealkylation sites (N-methyl/N-ethyl adjacent to an activating group) is 1. The number of allylic oxidation sites excluding steroid dienone is 1. The Morgan fingerprint density at radius 3 is 2.39 bits per heavy atom. The molecule has 0 aromatic heterocycles. The van der Waals surface area contributed by atoms with E-state index >= 15 is 0 Å². The van der Waals surface area contributed by atoms with Gasteiger partial charge in [-0.15, -0.1) is 0 Å². The number of aliphatic hydroxyl groups excluding tert-OH is 2. The van der Waals surface area contributed by atoms with E-state index in [9.17, 15) is 43.2 Å². The minimum absolute atomic E-state index is 0.00827. The van der Waals surface area contributed by atoms with Gasteiger partial charge in [-0.2, -0.15) is 13.2 Å². The van der Waals surface area contributed by atoms with Crippen LogP contribution in [0.25, 0.3) is 0 Å². The zero-order valence-electron chi connectivity index (χ0n) is 23.8. The third-order valence-electron chi connectivity index (χ3n) is 8.79. The SMILES string of the molecule is CC(C)c1cc(CNCCC(F)(F)F)c(O)c2c1CC1CC3C(N(C)C)C(O)=C(C(N)=O)C(C)(O)C3C(O)=C1C2=O. The Morgan fingerprint density at radius 1 is 1.22 bits per heavy atom. The van der Waals surface area contributed by atoms with Crippen molar-refractivity contribution in [1.82, 2.24) is 10.2 Å². The van der Waals surface area contributed by atoms with Crippen LogP contribution in [0.2, 0.25) is 0 Å². The maximum Gasteiger partial charge on any atom is 0.390 e. The summed E-state index contributed by atoms with van der Waals surface area (Å²) in [5, 5.41) is 48.1. The number of nitrogens with zero attached hydrogens (tertiary/aromatic N) is 1. The minimum atomic E-state index is -4.34. The number of phenols is 1. The molecule has 0 aliphatic heterocycles. The monoisotopic (exact) mass is 581 g/mol. The van der Waals surface area contributed by atoms with Gasteiger partial charge in [0.25, 0.3) is 5.91 Å². The lowest BCUT2D eigenvalue weighted by atomic mass is 9.56. The minimum Gasteiger partial charge on any atom is -0.511 e. The first-order valence-electron chi connectivity index (χ1n) is 13.6. The average Bonchev–Trinajstić information content (AvgIpc) is 2.80. The van der Waals surface area contributed by atoms with Gasteiger partial charge in [-0.3, -0.25) is 14.5 Å². The summed E-state index contributed by atoms with van der Waals surface area (Å²) in [4.78, 5) is 28.1. The lowest BCUT2D eigenvalue weighted by Gasteiger charge is -2.52. The van der Waals surface area contributed by atoms with Crippen molar-refractivity contribution in [3.63, 3.8) is 0 Å². The Hall–Kier alpha value is -3.09. The van der Waals surface area contributed by atoms with E-state index in [1.807, 2.05) is 13.8 Å². The number of halogens is 3. The van der Waals surface area contributed by atoms with Crippen molar-refractivity contribution >= 4 is 11.7 Å². The second-order valence-electron chi connectivity index (χ2n) is 12.1. The quantitative estimate of drug-likeness (QED) is 0.268. The normalized spacial score (nSPS) is 28.2. The molecule has 226 valence electrons. The maximum absolute atomic E-state index is 14.1. The molecule has 0 bridgehead atoms. The molecular formula is C29H38F3N3O6. The van der Waals surface area contributed by atoms with Crippen molar-refractivity contribution in [2.45, 2.75) is 70.3 Å². The first-order chi connectivity index (χ1) is 18.9. The molecule has 7 N–H and O–H groups in total. The van der Waals surface area contributed by atoms with Crippen molar-refractivity contribution in [2.75, 3.05) is 20.6 Å². The van der Waals surface area contributed by atoms with Gasteiger partial charge in [0, 0.05) is 24.2 Å². The van der Waals surface area contributed by atoms with Gasteiger partial charge in [0.05, 0.1) is 29.5 Å². The van der Waals surface area contributed by atoms with Crippen LogP contribution in [0, 0.1) is 17.8 Å². The van der Waals surface area contributed by atoms with Crippen LogP contribution in [0.1, 0.15) is 66.6 Å². The van der Waals surface area contributed by atoms with Crippen LogP contribution in [-0.2, 0) is 17.8 Å². The number of fused-ring (bicyclic) bond motifs is 3. The van der Waals surface area contributed by atoms with E-state index in [0.717, 1.165) is 5.56 Å². The summed E-state index contributed by atoms with van der Waals surface area (Å²) in [6, 6.07) is 0.931. The summed E-state index contributed by atoms with van der Waals surface area (Å²) in [5.74, 6) is -5.20. The third kappa shape index (κ3) is 5.21. The molecule has 0 saturated heterocycles. The van der Waals surface area contributed by atoms with E-state index < -0.39 is 65.0 Å². The standard InChI is InChI=1S/C29H38F3N3O6/c1-12(2)15-10-14(11-34-7-6-29(30,31)32)23(36)19-16(15)8-13-9-17-20(25(38)18(13)24(19)37)28(3,41)21(27(33)40)26(39)22(17)35(4)5/h10,12-13,17,20,22,34,36,38-39,41H,6-9,11H2,1-5H3,(H2,33,40). The van der Waals surface area contributed by atoms with Crippen LogP contribution in [-0.4, -0.2) is 75.5 Å². The fraction of sp³-hybridized carbons (Fsp3) is 0.586. The molecule has 9 nitrogen and oxygen atoms in total. The predicted molar refractivity (Wildman–Crippen MR) is 144 cm³/mol. The van der Waals surface area contributed by atoms with Crippen molar-refractivity contribution in [3.05, 3.63) is 51.0 Å². The average molecular weight is 582 g/mol. The van der Waals surface area contributed by atoms with Gasteiger partial charge >= 0.3 is 6.18 Å². The molecule has 41 heavy (non-hydrogen) atoms. The molecule has 1 aromatic rings. The van der Waals surface area contributed by atoms with Crippen molar-refractivity contribution < 1.29 is 43.2 Å². The van der Waals surface area contributed by atoms with Crippen LogP contribution in [0.4, 0.5) is 13.2 Å². The second-order valence-corrected chi connectivity index (χ2v) is 12.1. The number of amides is 1. The summed E-state index contributed by atoms with van der Waals surface area (Å²) in [6.45, 7) is 4.61. The molecule has 0 fully saturated rings. The Morgan fingerprint density at radius 2 is 1.85 bits per heavy atom. The van der Waals surface area contributed by atoms with Crippen molar-refractivity contribution in [1.29, 1.82) is 0 Å². The van der Waals surface area contributed by atoms with E-state index in [4.69, 9.17) is 5.73 Å². The highest BCUT2D eigenvalue weighted by molar-refractivity contribution is 6.14. The molecule has 3 aliphatic rings. The third-order valence-corrected chi connectivity index (χ3v) is 8.79. The lowest BCUT2D eigenvalue weighted by molar-refractivity contribution is -0.133. The molecule has 1 amide bonds. The van der Waals surface area contributed by atoms with Crippen LogP contribution in [0.15, 0.2) is 28.7 Å². The first-order valence-corrected chi connectivity index (χ1v) is 13.6. The number of aromatic hydroxyl groups is 1. The van der Waals surface area contributed by atoms with Gasteiger partial charge < -0.3 is 31.5 Å². The van der Waals surface area contributed by atoms with Crippen LogP contribution < -0.4 is 11.1 Å². The van der Waals surface area contributed by atoms with Crippen LogP contribution in [0.3, 0.4) is 0 Å². The predicted octanol–water partition coefficient (Wildman–Crippen LogP) is 3.35. The maximum atomic E-state index is 14.1. The van der Waals surface area contributed by atoms with E-state index in [1.165, 1.54) is 6.92 Å². The topological polar surface area (TPSA) is 156 Å². The van der Waals surface area contributed by atoms with Crippen molar-refractivity contribution in [2.24, 2.45) is 23.5 Å². The number of primary amides is 1. The largest absolute Gasteiger partial charge is 0.511 e. The smallest absolute Gasteiger partial charge is 0.390 e. The summed E-state index contributed by atoms with van der Waals surface area (Å²) >= 11 is 0. The Bertz CT molecular complexity index is 1330. The summed E-state index contributed by atoms with van der Waals surface area (Å²) in [7, 11) is 3.38. The number of hydrogen-bond acceptors (Lipinski definition) is 8. The highest BCUT2D eigenvalue weighted by Crippen LogP contribution is 2.55. The Labute approximate surface area is 236 Å². The number of phenolic OH excluding ortho intramolecular Hbond substituents is 1. The Kier molecular flexibility index (Phi) is 8.00. The fourth-order valence-electron chi connectivity index (χ4n) is 7.15. The molecule has 0 radical (unpaired) electrons. The number of benzene rings is 1. The van der Waals surface area contributed by atoms with Gasteiger partial charge in [0.2, 0.25) is 0 Å². The van der Waals surface area contributed by atoms with E-state index in [0.29, 0.717) is 5.56 Å². The number of ketones is 1. The fourth-order valence-corrected chi connectivity index (χ4v) is 7.15. The van der Waals surface area contributed by atoms with Crippen molar-refractivity contribution in [3.8, 4) is 5.75 Å². The summed E-state index contributed by atoms with van der Waals surface area (Å²) in [5.41, 5.74) is 4.62. The molecule has 5 unspecified atom stereocenters. The molecular weight excluding hydrogens is 543 g/mol. The molecule has 12 heteroatoms. The molecule has 3 aliphatic carbocycles. The van der Waals surface area contributed by atoms with Gasteiger partial charge in [-0.1, -0.05) is 19.9 Å². The highest BCUT2D eigenvalue weighted by atomic mass is 19.4. The van der Waals surface area contributed by atoms with E-state index in [1.54, 1.807) is 25.1 Å². The van der Waals surface area contributed by atoms with Gasteiger partial charge in [-0.25, -0.2) is 0 Å². The highest BCUT2D eigenvalue weighted by Gasteiger charge is 2.59. The molecule has 4 rings (SSSR count). The van der Waals surface area contributed by atoms with E-state index in [2.05, 4.69) is 5.32 Å². The zero-order valence-corrected chi connectivity index (χ0v) is 23.8. The van der Waals surface area contributed by atoms with Crippen LogP contribution in [0.5, 0.6) is 5.75 Å². The number of carbonyl (C=O) groups is 2. The number of Topliss-reactive ketones (excluding diaryl/α,β-unsaturated/α-hetero) is 1.